The Morgan fingerprint density at radius 2 is 2.24 bits per heavy atom. The molecule has 3 rings (SSSR count). The van der Waals surface area contributed by atoms with Gasteiger partial charge in [-0.15, -0.1) is 0 Å². The molecule has 2 atom stereocenters. The number of aldehydes is 1. The van der Waals surface area contributed by atoms with E-state index in [0.29, 0.717) is 5.92 Å². The standard InChI is InChI=1S/C15H18O2/c1-17-14-7-3-6-12(8-14)15(9-13(15)10-16)11-4-2-5-11/h3,6-8,10-11,13H,2,4-5,9H2,1H3. The lowest BCUT2D eigenvalue weighted by atomic mass is 9.69. The van der Waals surface area contributed by atoms with Gasteiger partial charge in [0.15, 0.2) is 0 Å². The van der Waals surface area contributed by atoms with E-state index in [1.165, 1.54) is 24.8 Å². The van der Waals surface area contributed by atoms with E-state index < -0.39 is 0 Å². The fourth-order valence-corrected chi connectivity index (χ4v) is 3.35. The summed E-state index contributed by atoms with van der Waals surface area (Å²) in [5.41, 5.74) is 1.45. The second-order valence-corrected chi connectivity index (χ2v) is 5.35. The van der Waals surface area contributed by atoms with Gasteiger partial charge in [0.2, 0.25) is 0 Å². The summed E-state index contributed by atoms with van der Waals surface area (Å²) in [5.74, 6) is 1.85. The van der Waals surface area contributed by atoms with Crippen molar-refractivity contribution in [1.29, 1.82) is 0 Å². The van der Waals surface area contributed by atoms with Crippen LogP contribution in [0.15, 0.2) is 24.3 Å². The van der Waals surface area contributed by atoms with Crippen LogP contribution in [0.3, 0.4) is 0 Å². The second kappa shape index (κ2) is 3.86. The van der Waals surface area contributed by atoms with Crippen molar-refractivity contribution in [3.63, 3.8) is 0 Å². The van der Waals surface area contributed by atoms with E-state index in [9.17, 15) is 4.79 Å². The molecule has 2 nitrogen and oxygen atoms in total. The van der Waals surface area contributed by atoms with Crippen molar-refractivity contribution in [2.24, 2.45) is 11.8 Å². The van der Waals surface area contributed by atoms with Gasteiger partial charge >= 0.3 is 0 Å². The van der Waals surface area contributed by atoms with Gasteiger partial charge in [0, 0.05) is 11.3 Å². The summed E-state index contributed by atoms with van der Waals surface area (Å²) in [7, 11) is 1.69. The number of hydrogen-bond acceptors (Lipinski definition) is 2. The molecule has 1 aromatic carbocycles. The molecular formula is C15H18O2. The SMILES string of the molecule is COc1cccc(C2(C3CCC3)CC2C=O)c1. The summed E-state index contributed by atoms with van der Waals surface area (Å²) < 4.78 is 5.29. The molecule has 2 fully saturated rings. The van der Waals surface area contributed by atoms with Crippen LogP contribution >= 0.6 is 0 Å². The zero-order valence-corrected chi connectivity index (χ0v) is 10.2. The molecule has 0 N–H and O–H groups in total. The average molecular weight is 230 g/mol. The molecule has 2 unspecified atom stereocenters. The number of ether oxygens (including phenoxy) is 1. The highest BCUT2D eigenvalue weighted by molar-refractivity contribution is 5.65. The molecule has 0 aromatic heterocycles. The van der Waals surface area contributed by atoms with Crippen LogP contribution in [0.5, 0.6) is 5.75 Å². The first kappa shape index (κ1) is 10.8. The minimum Gasteiger partial charge on any atom is -0.497 e. The Balaban J connectivity index is 1.96. The lowest BCUT2D eigenvalue weighted by Gasteiger charge is -2.35. The Morgan fingerprint density at radius 3 is 2.76 bits per heavy atom. The molecule has 0 spiro atoms. The van der Waals surface area contributed by atoms with E-state index in [4.69, 9.17) is 4.74 Å². The summed E-state index contributed by atoms with van der Waals surface area (Å²) in [5, 5.41) is 0. The number of methoxy groups -OCH3 is 1. The van der Waals surface area contributed by atoms with Gasteiger partial charge in [0.25, 0.3) is 0 Å². The highest BCUT2D eigenvalue weighted by atomic mass is 16.5. The fourth-order valence-electron chi connectivity index (χ4n) is 3.35. The monoisotopic (exact) mass is 230 g/mol. The molecule has 90 valence electrons. The van der Waals surface area contributed by atoms with Crippen LogP contribution in [0.1, 0.15) is 31.2 Å². The van der Waals surface area contributed by atoms with Crippen molar-refractivity contribution in [2.75, 3.05) is 7.11 Å². The lowest BCUT2D eigenvalue weighted by molar-refractivity contribution is -0.109. The topological polar surface area (TPSA) is 26.3 Å². The van der Waals surface area contributed by atoms with Crippen molar-refractivity contribution in [2.45, 2.75) is 31.1 Å². The van der Waals surface area contributed by atoms with Gasteiger partial charge in [0.1, 0.15) is 12.0 Å². The van der Waals surface area contributed by atoms with Gasteiger partial charge in [0.05, 0.1) is 7.11 Å². The first-order chi connectivity index (χ1) is 8.31. The molecule has 0 radical (unpaired) electrons. The molecule has 0 bridgehead atoms. The maximum atomic E-state index is 11.1. The Morgan fingerprint density at radius 1 is 1.41 bits per heavy atom. The van der Waals surface area contributed by atoms with E-state index in [0.717, 1.165) is 18.5 Å². The number of carbonyl (C=O) groups excluding carboxylic acids is 1. The molecule has 2 aliphatic carbocycles. The second-order valence-electron chi connectivity index (χ2n) is 5.35. The van der Waals surface area contributed by atoms with Crippen LogP contribution in [-0.4, -0.2) is 13.4 Å². The van der Waals surface area contributed by atoms with Gasteiger partial charge in [-0.3, -0.25) is 0 Å². The Bertz CT molecular complexity index is 436. The first-order valence-electron chi connectivity index (χ1n) is 6.41. The van der Waals surface area contributed by atoms with Crippen LogP contribution in [0.2, 0.25) is 0 Å². The first-order valence-corrected chi connectivity index (χ1v) is 6.41. The quantitative estimate of drug-likeness (QED) is 0.743. The van der Waals surface area contributed by atoms with Crippen LogP contribution in [0, 0.1) is 11.8 Å². The highest BCUT2D eigenvalue weighted by Crippen LogP contribution is 2.63. The molecular weight excluding hydrogens is 212 g/mol. The third kappa shape index (κ3) is 1.50. The summed E-state index contributed by atoms with van der Waals surface area (Å²) in [6, 6.07) is 8.27. The van der Waals surface area contributed by atoms with Crippen LogP contribution in [-0.2, 0) is 10.2 Å². The fraction of sp³-hybridized carbons (Fsp3) is 0.533. The molecule has 0 heterocycles. The lowest BCUT2D eigenvalue weighted by Crippen LogP contribution is -2.29. The predicted octanol–water partition coefficient (Wildman–Crippen LogP) is 2.95. The van der Waals surface area contributed by atoms with Crippen molar-refractivity contribution in [1.82, 2.24) is 0 Å². The normalized spacial score (nSPS) is 31.7. The molecule has 0 amide bonds. The van der Waals surface area contributed by atoms with E-state index in [1.54, 1.807) is 7.11 Å². The largest absolute Gasteiger partial charge is 0.497 e. The molecule has 1 aromatic rings. The minimum atomic E-state index is 0.147. The van der Waals surface area contributed by atoms with E-state index in [-0.39, 0.29) is 11.3 Å². The van der Waals surface area contributed by atoms with Crippen LogP contribution in [0.4, 0.5) is 0 Å². The molecule has 0 saturated heterocycles. The number of rotatable bonds is 4. The van der Waals surface area contributed by atoms with Gasteiger partial charge in [-0.2, -0.15) is 0 Å². The third-order valence-electron chi connectivity index (χ3n) is 4.66. The Kier molecular flexibility index (Phi) is 2.46. The van der Waals surface area contributed by atoms with Crippen LogP contribution in [0.25, 0.3) is 0 Å². The minimum absolute atomic E-state index is 0.147. The summed E-state index contributed by atoms with van der Waals surface area (Å²) in [6.07, 6.45) is 6.07. The van der Waals surface area contributed by atoms with Gasteiger partial charge in [-0.05, 0) is 42.9 Å². The number of carbonyl (C=O) groups is 1. The van der Waals surface area contributed by atoms with Gasteiger partial charge in [-0.1, -0.05) is 18.6 Å². The van der Waals surface area contributed by atoms with E-state index in [2.05, 4.69) is 12.1 Å². The molecule has 2 heteroatoms. The predicted molar refractivity (Wildman–Crippen MR) is 66.2 cm³/mol. The Labute approximate surface area is 102 Å². The maximum Gasteiger partial charge on any atom is 0.124 e. The molecule has 0 aliphatic heterocycles. The zero-order chi connectivity index (χ0) is 11.9. The summed E-state index contributed by atoms with van der Waals surface area (Å²) in [6.45, 7) is 0. The van der Waals surface area contributed by atoms with Crippen LogP contribution < -0.4 is 4.74 Å². The average Bonchev–Trinajstić information content (AvgIpc) is 3.02. The van der Waals surface area contributed by atoms with Crippen molar-refractivity contribution >= 4 is 6.29 Å². The Hall–Kier alpha value is -1.31. The molecule has 2 aliphatic rings. The van der Waals surface area contributed by atoms with Crippen molar-refractivity contribution in [3.05, 3.63) is 29.8 Å². The van der Waals surface area contributed by atoms with Crippen molar-refractivity contribution < 1.29 is 9.53 Å². The highest BCUT2D eigenvalue weighted by Gasteiger charge is 2.60. The van der Waals surface area contributed by atoms with Gasteiger partial charge in [-0.25, -0.2) is 0 Å². The molecule has 17 heavy (non-hydrogen) atoms. The zero-order valence-electron chi connectivity index (χ0n) is 10.2. The van der Waals surface area contributed by atoms with E-state index >= 15 is 0 Å². The van der Waals surface area contributed by atoms with E-state index in [1.807, 2.05) is 12.1 Å². The summed E-state index contributed by atoms with van der Waals surface area (Å²) >= 11 is 0. The smallest absolute Gasteiger partial charge is 0.124 e. The molecule has 2 saturated carbocycles. The summed E-state index contributed by atoms with van der Waals surface area (Å²) in [4.78, 5) is 11.1. The number of benzene rings is 1. The van der Waals surface area contributed by atoms with Gasteiger partial charge < -0.3 is 9.53 Å². The number of hydrogen-bond donors (Lipinski definition) is 0. The third-order valence-corrected chi connectivity index (χ3v) is 4.66. The maximum absolute atomic E-state index is 11.1. The van der Waals surface area contributed by atoms with Crippen molar-refractivity contribution in [3.8, 4) is 5.75 Å².